The fraction of sp³-hybridized carbons (Fsp3) is 0.176. The zero-order chi connectivity index (χ0) is 17.8. The Balaban J connectivity index is 1.49. The maximum Gasteiger partial charge on any atom is 0.344 e. The van der Waals surface area contributed by atoms with Crippen LogP contribution in [-0.2, 0) is 9.53 Å². The molecule has 0 unspecified atom stereocenters. The average molecular weight is 411 g/mol. The van der Waals surface area contributed by atoms with Gasteiger partial charge in [-0.3, -0.25) is 4.79 Å². The molecule has 0 bridgehead atoms. The van der Waals surface area contributed by atoms with Crippen LogP contribution in [0.5, 0.6) is 17.2 Å². The molecule has 0 N–H and O–H groups in total. The number of Topliss-reactive ketones (excluding diaryl/α,β-unsaturated/α-hetero) is 1. The Hall–Kier alpha value is -2.61. The van der Waals surface area contributed by atoms with Crippen LogP contribution in [0.3, 0.4) is 0 Å². The molecule has 130 valence electrons. The first kappa shape index (κ1) is 17.2. The van der Waals surface area contributed by atoms with Gasteiger partial charge < -0.3 is 18.9 Å². The predicted octanol–water partition coefficient (Wildman–Crippen LogP) is 3.12. The van der Waals surface area contributed by atoms with Crippen molar-refractivity contribution in [3.8, 4) is 17.2 Å². The summed E-state index contributed by atoms with van der Waals surface area (Å²) in [4.78, 5) is 23.7. The Kier molecular flexibility index (Phi) is 5.18. The molecule has 1 aliphatic rings. The van der Waals surface area contributed by atoms with Gasteiger partial charge in [-0.25, -0.2) is 9.18 Å². The van der Waals surface area contributed by atoms with Gasteiger partial charge in [-0.05, 0) is 36.4 Å². The molecule has 0 saturated carbocycles. The smallest absolute Gasteiger partial charge is 0.344 e. The second-order valence-electron chi connectivity index (χ2n) is 5.02. The highest BCUT2D eigenvalue weighted by atomic mass is 79.9. The number of fused-ring (bicyclic) bond motifs is 1. The van der Waals surface area contributed by atoms with Crippen LogP contribution in [0.15, 0.2) is 40.9 Å². The first-order chi connectivity index (χ1) is 12.0. The van der Waals surface area contributed by atoms with Crippen molar-refractivity contribution in [2.24, 2.45) is 0 Å². The standard InChI is InChI=1S/C17H12BrFO6/c18-11-2-4-14(12(19)6-11)22-8-17(21)23-7-13(20)10-1-3-15-16(5-10)25-9-24-15/h1-6H,7-9H2. The molecule has 8 heteroatoms. The molecule has 0 amide bonds. The topological polar surface area (TPSA) is 71.1 Å². The first-order valence-electron chi connectivity index (χ1n) is 7.19. The van der Waals surface area contributed by atoms with Gasteiger partial charge in [-0.15, -0.1) is 0 Å². The van der Waals surface area contributed by atoms with Crippen LogP contribution in [0.4, 0.5) is 4.39 Å². The number of hydrogen-bond acceptors (Lipinski definition) is 6. The molecule has 0 aliphatic carbocycles. The first-order valence-corrected chi connectivity index (χ1v) is 7.98. The molecule has 6 nitrogen and oxygen atoms in total. The zero-order valence-corrected chi connectivity index (χ0v) is 14.4. The van der Waals surface area contributed by atoms with Crippen LogP contribution in [0.2, 0.25) is 0 Å². The summed E-state index contributed by atoms with van der Waals surface area (Å²) in [7, 11) is 0. The summed E-state index contributed by atoms with van der Waals surface area (Å²) < 4.78 is 34.3. The van der Waals surface area contributed by atoms with Crippen LogP contribution in [0, 0.1) is 5.82 Å². The van der Waals surface area contributed by atoms with E-state index in [2.05, 4.69) is 15.9 Å². The SMILES string of the molecule is O=C(COc1ccc(Br)cc1F)OCC(=O)c1ccc2c(c1)OCO2. The van der Waals surface area contributed by atoms with Gasteiger partial charge in [-0.2, -0.15) is 0 Å². The number of carbonyl (C=O) groups excluding carboxylic acids is 2. The van der Waals surface area contributed by atoms with E-state index in [0.29, 0.717) is 21.5 Å². The molecule has 0 saturated heterocycles. The number of carbonyl (C=O) groups is 2. The lowest BCUT2D eigenvalue weighted by atomic mass is 10.1. The average Bonchev–Trinajstić information content (AvgIpc) is 3.06. The molecule has 3 rings (SSSR count). The minimum absolute atomic E-state index is 0.0813. The minimum Gasteiger partial charge on any atom is -0.479 e. The number of halogens is 2. The van der Waals surface area contributed by atoms with Crippen molar-refractivity contribution >= 4 is 27.7 Å². The molecule has 25 heavy (non-hydrogen) atoms. The van der Waals surface area contributed by atoms with E-state index in [4.69, 9.17) is 18.9 Å². The van der Waals surface area contributed by atoms with Crippen LogP contribution in [-0.4, -0.2) is 31.8 Å². The number of benzene rings is 2. The minimum atomic E-state index is -0.781. The predicted molar refractivity (Wildman–Crippen MR) is 87.4 cm³/mol. The van der Waals surface area contributed by atoms with E-state index < -0.39 is 30.8 Å². The fourth-order valence-corrected chi connectivity index (χ4v) is 2.40. The quantitative estimate of drug-likeness (QED) is 0.538. The third-order valence-electron chi connectivity index (χ3n) is 3.30. The van der Waals surface area contributed by atoms with Gasteiger partial charge in [0.2, 0.25) is 6.79 Å². The van der Waals surface area contributed by atoms with Gasteiger partial charge in [0.1, 0.15) is 0 Å². The monoisotopic (exact) mass is 410 g/mol. The number of ketones is 1. The van der Waals surface area contributed by atoms with Gasteiger partial charge in [-0.1, -0.05) is 15.9 Å². The summed E-state index contributed by atoms with van der Waals surface area (Å²) in [6, 6.07) is 8.85. The molecule has 2 aromatic carbocycles. The summed E-state index contributed by atoms with van der Waals surface area (Å²) >= 11 is 3.12. The molecule has 1 aliphatic heterocycles. The van der Waals surface area contributed by atoms with Crippen molar-refractivity contribution in [3.05, 3.63) is 52.3 Å². The summed E-state index contributed by atoms with van der Waals surface area (Å²) in [6.45, 7) is -0.858. The van der Waals surface area contributed by atoms with Crippen molar-refractivity contribution in [2.45, 2.75) is 0 Å². The largest absolute Gasteiger partial charge is 0.479 e. The summed E-state index contributed by atoms with van der Waals surface area (Å²) in [5, 5.41) is 0. The lowest BCUT2D eigenvalue weighted by Gasteiger charge is -2.08. The summed E-state index contributed by atoms with van der Waals surface area (Å²) in [6.07, 6.45) is 0. The molecule has 0 spiro atoms. The van der Waals surface area contributed by atoms with Gasteiger partial charge in [0, 0.05) is 10.0 Å². The number of ether oxygens (including phenoxy) is 4. The highest BCUT2D eigenvalue weighted by molar-refractivity contribution is 9.10. The molecular weight excluding hydrogens is 399 g/mol. The van der Waals surface area contributed by atoms with Crippen molar-refractivity contribution in [1.82, 2.24) is 0 Å². The number of hydrogen-bond donors (Lipinski definition) is 0. The van der Waals surface area contributed by atoms with Crippen LogP contribution < -0.4 is 14.2 Å². The second-order valence-corrected chi connectivity index (χ2v) is 5.93. The van der Waals surface area contributed by atoms with Crippen LogP contribution in [0.1, 0.15) is 10.4 Å². The summed E-state index contributed by atoms with van der Waals surface area (Å²) in [5.74, 6) is -0.858. The Labute approximate surface area is 150 Å². The maximum atomic E-state index is 13.6. The van der Waals surface area contributed by atoms with Crippen LogP contribution >= 0.6 is 15.9 Å². The van der Waals surface area contributed by atoms with E-state index >= 15 is 0 Å². The fourth-order valence-electron chi connectivity index (χ4n) is 2.07. The molecule has 0 aromatic heterocycles. The van der Waals surface area contributed by atoms with E-state index in [0.717, 1.165) is 0 Å². The molecule has 0 fully saturated rings. The summed E-state index contributed by atoms with van der Waals surface area (Å²) in [5.41, 5.74) is 0.330. The maximum absolute atomic E-state index is 13.6. The Morgan fingerprint density at radius 3 is 2.68 bits per heavy atom. The third kappa shape index (κ3) is 4.27. The van der Waals surface area contributed by atoms with Crippen LogP contribution in [0.25, 0.3) is 0 Å². The van der Waals surface area contributed by atoms with E-state index in [-0.39, 0.29) is 12.5 Å². The highest BCUT2D eigenvalue weighted by Crippen LogP contribution is 2.32. The van der Waals surface area contributed by atoms with E-state index in [1.807, 2.05) is 0 Å². The van der Waals surface area contributed by atoms with Gasteiger partial charge in [0.05, 0.1) is 0 Å². The number of rotatable bonds is 6. The Morgan fingerprint density at radius 2 is 1.88 bits per heavy atom. The van der Waals surface area contributed by atoms with Crippen molar-refractivity contribution in [2.75, 3.05) is 20.0 Å². The molecular formula is C17H12BrFO6. The molecule has 0 radical (unpaired) electrons. The van der Waals surface area contributed by atoms with Crippen molar-refractivity contribution in [3.63, 3.8) is 0 Å². The molecule has 0 atom stereocenters. The van der Waals surface area contributed by atoms with Crippen molar-refractivity contribution < 1.29 is 32.9 Å². The normalized spacial score (nSPS) is 11.9. The molecule has 2 aromatic rings. The van der Waals surface area contributed by atoms with E-state index in [1.54, 1.807) is 18.2 Å². The Morgan fingerprint density at radius 1 is 1.08 bits per heavy atom. The lowest BCUT2D eigenvalue weighted by Crippen LogP contribution is -2.19. The van der Waals surface area contributed by atoms with Crippen molar-refractivity contribution in [1.29, 1.82) is 0 Å². The lowest BCUT2D eigenvalue weighted by molar-refractivity contribution is -0.144. The molecule has 1 heterocycles. The zero-order valence-electron chi connectivity index (χ0n) is 12.8. The Bertz CT molecular complexity index is 823. The second kappa shape index (κ2) is 7.52. The third-order valence-corrected chi connectivity index (χ3v) is 3.79. The van der Waals surface area contributed by atoms with Gasteiger partial charge in [0.15, 0.2) is 42.1 Å². The number of esters is 1. The van der Waals surface area contributed by atoms with Gasteiger partial charge >= 0.3 is 5.97 Å². The van der Waals surface area contributed by atoms with E-state index in [9.17, 15) is 14.0 Å². The van der Waals surface area contributed by atoms with Gasteiger partial charge in [0.25, 0.3) is 0 Å². The highest BCUT2D eigenvalue weighted by Gasteiger charge is 2.17. The van der Waals surface area contributed by atoms with E-state index in [1.165, 1.54) is 18.2 Å².